The molecule has 2 N–H and O–H groups in total. The van der Waals surface area contributed by atoms with Crippen LogP contribution in [0.25, 0.3) is 0 Å². The Kier molecular flexibility index (Phi) is 3.71. The van der Waals surface area contributed by atoms with Gasteiger partial charge in [0.15, 0.2) is 0 Å². The minimum absolute atomic E-state index is 0.230. The average Bonchev–Trinajstić information content (AvgIpc) is 2.15. The van der Waals surface area contributed by atoms with E-state index in [0.717, 1.165) is 24.3 Å². The predicted molar refractivity (Wildman–Crippen MR) is 52.8 cm³/mol. The third-order valence-corrected chi connectivity index (χ3v) is 1.88. The molecule has 1 aromatic rings. The number of pyridine rings is 1. The normalized spacial score (nSPS) is 12.5. The van der Waals surface area contributed by atoms with Crippen molar-refractivity contribution in [3.8, 4) is 5.75 Å². The second-order valence-electron chi connectivity index (χ2n) is 3.20. The van der Waals surface area contributed by atoms with Gasteiger partial charge in [0.2, 0.25) is 0 Å². The van der Waals surface area contributed by atoms with E-state index in [2.05, 4.69) is 4.98 Å². The minimum Gasteiger partial charge on any atom is -0.497 e. The van der Waals surface area contributed by atoms with Crippen LogP contribution in [0.5, 0.6) is 5.75 Å². The van der Waals surface area contributed by atoms with E-state index < -0.39 is 0 Å². The maximum Gasteiger partial charge on any atom is 0.122 e. The van der Waals surface area contributed by atoms with E-state index in [9.17, 15) is 0 Å². The first-order chi connectivity index (χ1) is 6.22. The summed E-state index contributed by atoms with van der Waals surface area (Å²) in [7, 11) is 1.66. The number of aryl methyl sites for hydroxylation is 1. The summed E-state index contributed by atoms with van der Waals surface area (Å²) in [6.45, 7) is 2.00. The Hall–Kier alpha value is -1.09. The van der Waals surface area contributed by atoms with Crippen LogP contribution >= 0.6 is 0 Å². The van der Waals surface area contributed by atoms with Crippen LogP contribution in [0.3, 0.4) is 0 Å². The summed E-state index contributed by atoms with van der Waals surface area (Å²) < 4.78 is 5.09. The zero-order valence-corrected chi connectivity index (χ0v) is 8.16. The summed E-state index contributed by atoms with van der Waals surface area (Å²) in [6.07, 6.45) is 3.63. The minimum atomic E-state index is 0.230. The summed E-state index contributed by atoms with van der Waals surface area (Å²) in [5.74, 6) is 0.856. The lowest BCUT2D eigenvalue weighted by Gasteiger charge is -2.05. The molecule has 0 bridgehead atoms. The van der Waals surface area contributed by atoms with E-state index in [1.807, 2.05) is 19.1 Å². The Labute approximate surface area is 78.9 Å². The fraction of sp³-hybridized carbons (Fsp3) is 0.500. The molecule has 13 heavy (non-hydrogen) atoms. The Bertz CT molecular complexity index is 261. The molecule has 0 fully saturated rings. The van der Waals surface area contributed by atoms with E-state index in [1.165, 1.54) is 0 Å². The van der Waals surface area contributed by atoms with Gasteiger partial charge in [0, 0.05) is 24.0 Å². The van der Waals surface area contributed by atoms with E-state index in [1.54, 1.807) is 13.3 Å². The molecule has 0 amide bonds. The van der Waals surface area contributed by atoms with Crippen LogP contribution in [0.15, 0.2) is 18.3 Å². The molecular formula is C10H16N2O. The van der Waals surface area contributed by atoms with E-state index >= 15 is 0 Å². The van der Waals surface area contributed by atoms with Gasteiger partial charge < -0.3 is 10.5 Å². The molecule has 0 saturated carbocycles. The van der Waals surface area contributed by atoms with Gasteiger partial charge in [0.25, 0.3) is 0 Å². The first-order valence-corrected chi connectivity index (χ1v) is 4.47. The predicted octanol–water partition coefficient (Wildman–Crippen LogP) is 1.37. The van der Waals surface area contributed by atoms with Crippen LogP contribution in [0.2, 0.25) is 0 Å². The lowest BCUT2D eigenvalue weighted by atomic mass is 10.1. The molecule has 1 rings (SSSR count). The van der Waals surface area contributed by atoms with Crippen LogP contribution < -0.4 is 10.5 Å². The molecule has 0 aliphatic rings. The lowest BCUT2D eigenvalue weighted by molar-refractivity contribution is 0.413. The summed E-state index contributed by atoms with van der Waals surface area (Å²) in [5.41, 5.74) is 6.69. The van der Waals surface area contributed by atoms with Crippen LogP contribution in [-0.2, 0) is 6.42 Å². The standard InChI is InChI=1S/C10H16N2O/c1-8(11)3-4-9-7-10(13-2)5-6-12-9/h5-8H,3-4,11H2,1-2H3. The zero-order valence-electron chi connectivity index (χ0n) is 8.16. The molecule has 0 aliphatic carbocycles. The molecule has 3 heteroatoms. The van der Waals surface area contributed by atoms with Crippen LogP contribution in [0, 0.1) is 0 Å². The quantitative estimate of drug-likeness (QED) is 0.761. The topological polar surface area (TPSA) is 48.1 Å². The van der Waals surface area contributed by atoms with Gasteiger partial charge in [-0.15, -0.1) is 0 Å². The van der Waals surface area contributed by atoms with Crippen molar-refractivity contribution < 1.29 is 4.74 Å². The second-order valence-corrected chi connectivity index (χ2v) is 3.20. The molecule has 1 atom stereocenters. The van der Waals surface area contributed by atoms with Crippen molar-refractivity contribution in [3.05, 3.63) is 24.0 Å². The van der Waals surface area contributed by atoms with E-state index in [4.69, 9.17) is 10.5 Å². The molecule has 1 heterocycles. The van der Waals surface area contributed by atoms with E-state index in [0.29, 0.717) is 0 Å². The monoisotopic (exact) mass is 180 g/mol. The van der Waals surface area contributed by atoms with Crippen LogP contribution in [-0.4, -0.2) is 18.1 Å². The number of aromatic nitrogens is 1. The highest BCUT2D eigenvalue weighted by atomic mass is 16.5. The number of hydrogen-bond donors (Lipinski definition) is 1. The molecule has 0 saturated heterocycles. The highest BCUT2D eigenvalue weighted by Crippen LogP contribution is 2.11. The van der Waals surface area contributed by atoms with Gasteiger partial charge in [-0.1, -0.05) is 0 Å². The summed E-state index contributed by atoms with van der Waals surface area (Å²) in [6, 6.07) is 4.02. The van der Waals surface area contributed by atoms with Crippen molar-refractivity contribution in [2.75, 3.05) is 7.11 Å². The van der Waals surface area contributed by atoms with Gasteiger partial charge in [-0.3, -0.25) is 4.98 Å². The highest BCUT2D eigenvalue weighted by Gasteiger charge is 1.99. The second kappa shape index (κ2) is 4.82. The van der Waals surface area contributed by atoms with Crippen molar-refractivity contribution in [2.24, 2.45) is 5.73 Å². The molecule has 3 nitrogen and oxygen atoms in total. The zero-order chi connectivity index (χ0) is 9.68. The van der Waals surface area contributed by atoms with E-state index in [-0.39, 0.29) is 6.04 Å². The van der Waals surface area contributed by atoms with Gasteiger partial charge in [-0.2, -0.15) is 0 Å². The molecule has 0 spiro atoms. The van der Waals surface area contributed by atoms with Crippen molar-refractivity contribution in [2.45, 2.75) is 25.8 Å². The Morgan fingerprint density at radius 2 is 2.38 bits per heavy atom. The summed E-state index contributed by atoms with van der Waals surface area (Å²) in [4.78, 5) is 4.22. The fourth-order valence-electron chi connectivity index (χ4n) is 1.10. The van der Waals surface area contributed by atoms with Crippen molar-refractivity contribution in [3.63, 3.8) is 0 Å². The van der Waals surface area contributed by atoms with Crippen LogP contribution in [0.1, 0.15) is 19.0 Å². The molecule has 0 aromatic carbocycles. The average molecular weight is 180 g/mol. The van der Waals surface area contributed by atoms with Crippen LogP contribution in [0.4, 0.5) is 0 Å². The van der Waals surface area contributed by atoms with Gasteiger partial charge in [0.05, 0.1) is 7.11 Å². The largest absolute Gasteiger partial charge is 0.497 e. The lowest BCUT2D eigenvalue weighted by Crippen LogP contribution is -2.15. The van der Waals surface area contributed by atoms with Gasteiger partial charge in [0.1, 0.15) is 5.75 Å². The van der Waals surface area contributed by atoms with Gasteiger partial charge in [-0.25, -0.2) is 0 Å². The Morgan fingerprint density at radius 3 is 3.00 bits per heavy atom. The number of ether oxygens (including phenoxy) is 1. The Morgan fingerprint density at radius 1 is 1.62 bits per heavy atom. The maximum absolute atomic E-state index is 5.65. The number of rotatable bonds is 4. The van der Waals surface area contributed by atoms with Crippen molar-refractivity contribution in [1.29, 1.82) is 0 Å². The highest BCUT2D eigenvalue weighted by molar-refractivity contribution is 5.22. The van der Waals surface area contributed by atoms with Crippen molar-refractivity contribution >= 4 is 0 Å². The first-order valence-electron chi connectivity index (χ1n) is 4.47. The smallest absolute Gasteiger partial charge is 0.122 e. The third kappa shape index (κ3) is 3.42. The molecule has 1 unspecified atom stereocenters. The summed E-state index contributed by atoms with van der Waals surface area (Å²) >= 11 is 0. The number of methoxy groups -OCH3 is 1. The van der Waals surface area contributed by atoms with Crippen molar-refractivity contribution in [1.82, 2.24) is 4.98 Å². The first kappa shape index (κ1) is 9.99. The SMILES string of the molecule is COc1ccnc(CCC(C)N)c1. The fourth-order valence-corrected chi connectivity index (χ4v) is 1.10. The maximum atomic E-state index is 5.65. The third-order valence-electron chi connectivity index (χ3n) is 1.88. The van der Waals surface area contributed by atoms with Gasteiger partial charge >= 0.3 is 0 Å². The summed E-state index contributed by atoms with van der Waals surface area (Å²) in [5, 5.41) is 0. The molecule has 1 aromatic heterocycles. The number of hydrogen-bond acceptors (Lipinski definition) is 3. The molecule has 0 aliphatic heterocycles. The Balaban J connectivity index is 2.56. The molecule has 72 valence electrons. The number of nitrogens with two attached hydrogens (primary N) is 1. The number of nitrogens with zero attached hydrogens (tertiary/aromatic N) is 1. The van der Waals surface area contributed by atoms with Gasteiger partial charge in [-0.05, 0) is 25.8 Å². The molecular weight excluding hydrogens is 164 g/mol. The molecule has 0 radical (unpaired) electrons.